The van der Waals surface area contributed by atoms with Crippen molar-refractivity contribution in [2.45, 2.75) is 19.8 Å². The molecule has 0 amide bonds. The van der Waals surface area contributed by atoms with Gasteiger partial charge in [0.1, 0.15) is 0 Å². The number of aliphatic hydroxyl groups excluding tert-OH is 1. The molecule has 6 heteroatoms. The highest BCUT2D eigenvalue weighted by atomic mass is 16.6. The lowest BCUT2D eigenvalue weighted by molar-refractivity contribution is -0.384. The number of pyridine rings is 1. The molecule has 2 rings (SSSR count). The van der Waals surface area contributed by atoms with Crippen LogP contribution in [0.4, 0.5) is 11.5 Å². The van der Waals surface area contributed by atoms with Gasteiger partial charge in [-0.05, 0) is 31.2 Å². The van der Waals surface area contributed by atoms with Crippen molar-refractivity contribution < 1.29 is 10.0 Å². The zero-order chi connectivity index (χ0) is 13.1. The molecule has 6 nitrogen and oxygen atoms in total. The van der Waals surface area contributed by atoms with E-state index in [1.54, 1.807) is 19.2 Å². The smallest absolute Gasteiger partial charge is 0.311 e. The normalized spacial score (nSPS) is 19.2. The summed E-state index contributed by atoms with van der Waals surface area (Å²) < 4.78 is 0. The summed E-state index contributed by atoms with van der Waals surface area (Å²) in [6, 6.07) is 1.56. The summed E-state index contributed by atoms with van der Waals surface area (Å²) in [7, 11) is 0. The molecular weight excluding hydrogens is 234 g/mol. The average molecular weight is 251 g/mol. The summed E-state index contributed by atoms with van der Waals surface area (Å²) in [5.41, 5.74) is 0.858. The van der Waals surface area contributed by atoms with Gasteiger partial charge in [0.15, 0.2) is 0 Å². The minimum atomic E-state index is -0.380. The third kappa shape index (κ3) is 2.59. The van der Waals surface area contributed by atoms with E-state index in [0.717, 1.165) is 31.5 Å². The van der Waals surface area contributed by atoms with Gasteiger partial charge in [-0.25, -0.2) is 4.98 Å². The monoisotopic (exact) mass is 251 g/mol. The van der Waals surface area contributed by atoms with Crippen LogP contribution in [0.1, 0.15) is 18.4 Å². The van der Waals surface area contributed by atoms with E-state index in [2.05, 4.69) is 4.98 Å². The molecule has 0 aromatic carbocycles. The lowest BCUT2D eigenvalue weighted by atomic mass is 10.1. The second-order valence-corrected chi connectivity index (χ2v) is 4.73. The maximum Gasteiger partial charge on any atom is 0.311 e. The molecule has 2 heterocycles. The number of aryl methyl sites for hydroxylation is 1. The van der Waals surface area contributed by atoms with Gasteiger partial charge in [-0.3, -0.25) is 10.1 Å². The lowest BCUT2D eigenvalue weighted by Crippen LogP contribution is -2.22. The van der Waals surface area contributed by atoms with E-state index in [-0.39, 0.29) is 17.2 Å². The van der Waals surface area contributed by atoms with E-state index in [0.29, 0.717) is 11.7 Å². The van der Waals surface area contributed by atoms with Crippen molar-refractivity contribution in [3.05, 3.63) is 27.9 Å². The van der Waals surface area contributed by atoms with E-state index >= 15 is 0 Å². The highest BCUT2D eigenvalue weighted by Gasteiger charge is 2.28. The molecule has 0 aliphatic carbocycles. The van der Waals surface area contributed by atoms with Gasteiger partial charge in [-0.15, -0.1) is 0 Å². The first-order valence-electron chi connectivity index (χ1n) is 6.08. The van der Waals surface area contributed by atoms with E-state index in [1.807, 2.05) is 4.90 Å². The minimum Gasteiger partial charge on any atom is -0.396 e. The zero-order valence-corrected chi connectivity index (χ0v) is 10.4. The standard InChI is InChI=1S/C12H17N3O3/c1-9-6-11(15(17)18)12(13-7-9)14-4-2-10(8-14)3-5-16/h6-7,10,16H,2-5,8H2,1H3. The van der Waals surface area contributed by atoms with Crippen LogP contribution in [-0.4, -0.2) is 34.7 Å². The molecule has 1 aromatic heterocycles. The third-order valence-electron chi connectivity index (χ3n) is 3.30. The lowest BCUT2D eigenvalue weighted by Gasteiger charge is -2.17. The van der Waals surface area contributed by atoms with Gasteiger partial charge >= 0.3 is 5.69 Å². The van der Waals surface area contributed by atoms with E-state index in [9.17, 15) is 10.1 Å². The van der Waals surface area contributed by atoms with Gasteiger partial charge in [0.25, 0.3) is 0 Å². The van der Waals surface area contributed by atoms with Gasteiger partial charge in [0.2, 0.25) is 5.82 Å². The second kappa shape index (κ2) is 5.30. The van der Waals surface area contributed by atoms with Crippen molar-refractivity contribution in [2.75, 3.05) is 24.6 Å². The summed E-state index contributed by atoms with van der Waals surface area (Å²) in [5, 5.41) is 20.0. The van der Waals surface area contributed by atoms with Gasteiger partial charge in [-0.2, -0.15) is 0 Å². The Kier molecular flexibility index (Phi) is 3.76. The fourth-order valence-electron chi connectivity index (χ4n) is 2.37. The van der Waals surface area contributed by atoms with Crippen LogP contribution in [0.3, 0.4) is 0 Å². The molecule has 1 saturated heterocycles. The van der Waals surface area contributed by atoms with Crippen LogP contribution >= 0.6 is 0 Å². The number of hydrogen-bond acceptors (Lipinski definition) is 5. The van der Waals surface area contributed by atoms with Crippen LogP contribution in [0.15, 0.2) is 12.3 Å². The molecule has 1 aliphatic heterocycles. The Labute approximate surface area is 105 Å². The van der Waals surface area contributed by atoms with Crippen molar-refractivity contribution in [3.8, 4) is 0 Å². The first-order valence-corrected chi connectivity index (χ1v) is 6.08. The summed E-state index contributed by atoms with van der Waals surface area (Å²) in [6.07, 6.45) is 3.35. The molecule has 1 aliphatic rings. The molecular formula is C12H17N3O3. The summed E-state index contributed by atoms with van der Waals surface area (Å²) in [6.45, 7) is 3.46. The van der Waals surface area contributed by atoms with E-state index < -0.39 is 0 Å². The molecule has 0 radical (unpaired) electrons. The molecule has 98 valence electrons. The quantitative estimate of drug-likeness (QED) is 0.648. The van der Waals surface area contributed by atoms with Crippen LogP contribution in [0.2, 0.25) is 0 Å². The SMILES string of the molecule is Cc1cnc(N2CCC(CCO)C2)c([N+](=O)[O-])c1. The van der Waals surface area contributed by atoms with Crippen LogP contribution in [0.25, 0.3) is 0 Å². The number of aliphatic hydroxyl groups is 1. The Morgan fingerprint density at radius 2 is 2.44 bits per heavy atom. The predicted molar refractivity (Wildman–Crippen MR) is 67.7 cm³/mol. The van der Waals surface area contributed by atoms with Gasteiger partial charge in [-0.1, -0.05) is 0 Å². The molecule has 18 heavy (non-hydrogen) atoms. The number of aromatic nitrogens is 1. The maximum atomic E-state index is 11.0. The first-order chi connectivity index (χ1) is 8.61. The van der Waals surface area contributed by atoms with Crippen LogP contribution in [-0.2, 0) is 0 Å². The molecule has 1 aromatic rings. The number of nitro groups is 1. The Morgan fingerprint density at radius 3 is 3.11 bits per heavy atom. The Hall–Kier alpha value is -1.69. The second-order valence-electron chi connectivity index (χ2n) is 4.73. The maximum absolute atomic E-state index is 11.0. The van der Waals surface area contributed by atoms with Crippen molar-refractivity contribution in [2.24, 2.45) is 5.92 Å². The van der Waals surface area contributed by atoms with Crippen molar-refractivity contribution in [1.29, 1.82) is 0 Å². The highest BCUT2D eigenvalue weighted by molar-refractivity contribution is 5.59. The minimum absolute atomic E-state index is 0.0691. The third-order valence-corrected chi connectivity index (χ3v) is 3.30. The van der Waals surface area contributed by atoms with Gasteiger partial charge in [0.05, 0.1) is 4.92 Å². The predicted octanol–water partition coefficient (Wildman–Crippen LogP) is 1.51. The fourth-order valence-corrected chi connectivity index (χ4v) is 2.37. The zero-order valence-electron chi connectivity index (χ0n) is 10.4. The van der Waals surface area contributed by atoms with Gasteiger partial charge < -0.3 is 10.0 Å². The number of nitrogens with zero attached hydrogens (tertiary/aromatic N) is 3. The van der Waals surface area contributed by atoms with Crippen molar-refractivity contribution in [1.82, 2.24) is 4.98 Å². The topological polar surface area (TPSA) is 79.5 Å². The summed E-state index contributed by atoms with van der Waals surface area (Å²) in [4.78, 5) is 16.8. The Morgan fingerprint density at radius 1 is 1.67 bits per heavy atom. The molecule has 1 N–H and O–H groups in total. The summed E-state index contributed by atoms with van der Waals surface area (Å²) >= 11 is 0. The number of anilines is 1. The molecule has 0 spiro atoms. The Bertz CT molecular complexity index is 450. The molecule has 1 unspecified atom stereocenters. The van der Waals surface area contributed by atoms with Crippen LogP contribution in [0.5, 0.6) is 0 Å². The van der Waals surface area contributed by atoms with Crippen LogP contribution in [0, 0.1) is 23.0 Å². The van der Waals surface area contributed by atoms with Crippen LogP contribution < -0.4 is 4.90 Å². The summed E-state index contributed by atoms with van der Waals surface area (Å²) in [5.74, 6) is 0.851. The average Bonchev–Trinajstić information content (AvgIpc) is 2.78. The highest BCUT2D eigenvalue weighted by Crippen LogP contribution is 2.31. The molecule has 0 saturated carbocycles. The number of hydrogen-bond donors (Lipinski definition) is 1. The first kappa shape index (κ1) is 12.8. The molecule has 1 atom stereocenters. The molecule has 1 fully saturated rings. The van der Waals surface area contributed by atoms with Crippen molar-refractivity contribution in [3.63, 3.8) is 0 Å². The number of rotatable bonds is 4. The largest absolute Gasteiger partial charge is 0.396 e. The van der Waals surface area contributed by atoms with E-state index in [1.165, 1.54) is 0 Å². The van der Waals surface area contributed by atoms with E-state index in [4.69, 9.17) is 5.11 Å². The molecule has 0 bridgehead atoms. The fraction of sp³-hybridized carbons (Fsp3) is 0.583. The Balaban J connectivity index is 2.21. The van der Waals surface area contributed by atoms with Crippen molar-refractivity contribution >= 4 is 11.5 Å². The van der Waals surface area contributed by atoms with Gasteiger partial charge in [0, 0.05) is 32.0 Å².